The van der Waals surface area contributed by atoms with Crippen LogP contribution >= 0.6 is 15.9 Å². The van der Waals surface area contributed by atoms with Gasteiger partial charge in [-0.25, -0.2) is 0 Å². The van der Waals surface area contributed by atoms with E-state index in [9.17, 15) is 5.11 Å². The van der Waals surface area contributed by atoms with Gasteiger partial charge in [-0.05, 0) is 41.4 Å². The Balaban J connectivity index is 1.97. The Morgan fingerprint density at radius 1 is 1.47 bits per heavy atom. The quantitative estimate of drug-likeness (QED) is 0.923. The number of aliphatic hydroxyl groups excluding tert-OH is 1. The maximum Gasteiger partial charge on any atom is 0.112 e. The van der Waals surface area contributed by atoms with Gasteiger partial charge in [0.2, 0.25) is 0 Å². The minimum Gasteiger partial charge on any atom is -0.393 e. The molecule has 1 aliphatic heterocycles. The maximum atomic E-state index is 9.71. The molecule has 2 atom stereocenters. The van der Waals surface area contributed by atoms with Crippen LogP contribution in [0.25, 0.3) is 11.0 Å². The molecule has 0 amide bonds. The van der Waals surface area contributed by atoms with Crippen LogP contribution < -0.4 is 4.90 Å². The van der Waals surface area contributed by atoms with Gasteiger partial charge in [0.25, 0.3) is 0 Å². The zero-order chi connectivity index (χ0) is 13.4. The van der Waals surface area contributed by atoms with Crippen LogP contribution in [0.1, 0.15) is 13.3 Å². The highest BCUT2D eigenvalue weighted by Crippen LogP contribution is 2.30. The van der Waals surface area contributed by atoms with E-state index in [1.54, 1.807) is 6.20 Å². The lowest BCUT2D eigenvalue weighted by molar-refractivity contribution is 0.136. The fourth-order valence-corrected chi connectivity index (χ4v) is 2.97. The standard InChI is InChI=1S/C14H16BrN3O/c1-9(19)10-3-5-18(8-10)13-2-4-16-12-6-11(15)7-17-14(12)13/h2,4,6-7,9-10,19H,3,5,8H2,1H3. The zero-order valence-electron chi connectivity index (χ0n) is 10.8. The summed E-state index contributed by atoms with van der Waals surface area (Å²) in [6, 6.07) is 3.99. The molecule has 0 spiro atoms. The molecule has 100 valence electrons. The van der Waals surface area contributed by atoms with E-state index in [4.69, 9.17) is 0 Å². The van der Waals surface area contributed by atoms with Crippen molar-refractivity contribution in [3.05, 3.63) is 29.0 Å². The Morgan fingerprint density at radius 2 is 2.32 bits per heavy atom. The second-order valence-electron chi connectivity index (χ2n) is 5.09. The molecule has 0 radical (unpaired) electrons. The topological polar surface area (TPSA) is 49.2 Å². The zero-order valence-corrected chi connectivity index (χ0v) is 12.3. The first-order chi connectivity index (χ1) is 9.15. The average Bonchev–Trinajstić information content (AvgIpc) is 2.87. The Morgan fingerprint density at radius 3 is 3.05 bits per heavy atom. The normalized spacial score (nSPS) is 21.0. The Kier molecular flexibility index (Phi) is 3.41. The van der Waals surface area contributed by atoms with Crippen molar-refractivity contribution in [2.24, 2.45) is 5.92 Å². The molecule has 19 heavy (non-hydrogen) atoms. The molecule has 3 heterocycles. The smallest absolute Gasteiger partial charge is 0.112 e. The number of hydrogen-bond acceptors (Lipinski definition) is 4. The van der Waals surface area contributed by atoms with Crippen LogP contribution in [0.4, 0.5) is 5.69 Å². The summed E-state index contributed by atoms with van der Waals surface area (Å²) in [6.07, 6.45) is 4.40. The van der Waals surface area contributed by atoms with Gasteiger partial charge in [-0.3, -0.25) is 9.97 Å². The third-order valence-electron chi connectivity index (χ3n) is 3.77. The number of aliphatic hydroxyl groups is 1. The van der Waals surface area contributed by atoms with Gasteiger partial charge in [0.1, 0.15) is 5.52 Å². The number of fused-ring (bicyclic) bond motifs is 1. The van der Waals surface area contributed by atoms with Crippen LogP contribution in [-0.4, -0.2) is 34.3 Å². The highest BCUT2D eigenvalue weighted by atomic mass is 79.9. The van der Waals surface area contributed by atoms with Gasteiger partial charge in [-0.1, -0.05) is 0 Å². The summed E-state index contributed by atoms with van der Waals surface area (Å²) in [7, 11) is 0. The predicted molar refractivity (Wildman–Crippen MR) is 79.2 cm³/mol. The number of aromatic nitrogens is 2. The van der Waals surface area contributed by atoms with E-state index in [0.29, 0.717) is 5.92 Å². The van der Waals surface area contributed by atoms with Gasteiger partial charge in [0.15, 0.2) is 0 Å². The van der Waals surface area contributed by atoms with Gasteiger partial charge >= 0.3 is 0 Å². The summed E-state index contributed by atoms with van der Waals surface area (Å²) >= 11 is 3.42. The molecule has 0 aliphatic carbocycles. The van der Waals surface area contributed by atoms with Crippen LogP contribution in [0.2, 0.25) is 0 Å². The molecule has 2 aromatic rings. The van der Waals surface area contributed by atoms with Crippen molar-refractivity contribution >= 4 is 32.7 Å². The molecule has 0 bridgehead atoms. The monoisotopic (exact) mass is 321 g/mol. The molecule has 0 saturated carbocycles. The van der Waals surface area contributed by atoms with Crippen molar-refractivity contribution in [1.82, 2.24) is 9.97 Å². The summed E-state index contributed by atoms with van der Waals surface area (Å²) in [5.74, 6) is 0.346. The summed E-state index contributed by atoms with van der Waals surface area (Å²) < 4.78 is 0.938. The highest BCUT2D eigenvalue weighted by Gasteiger charge is 2.27. The van der Waals surface area contributed by atoms with Crippen molar-refractivity contribution in [2.45, 2.75) is 19.4 Å². The summed E-state index contributed by atoms with van der Waals surface area (Å²) in [6.45, 7) is 3.72. The largest absolute Gasteiger partial charge is 0.393 e. The summed E-state index contributed by atoms with van der Waals surface area (Å²) in [5.41, 5.74) is 2.94. The lowest BCUT2D eigenvalue weighted by Gasteiger charge is -2.20. The number of anilines is 1. The van der Waals surface area contributed by atoms with Crippen molar-refractivity contribution < 1.29 is 5.11 Å². The first-order valence-electron chi connectivity index (χ1n) is 6.48. The number of rotatable bonds is 2. The van der Waals surface area contributed by atoms with E-state index in [1.807, 2.05) is 25.3 Å². The van der Waals surface area contributed by atoms with E-state index in [0.717, 1.165) is 40.7 Å². The third kappa shape index (κ3) is 2.44. The van der Waals surface area contributed by atoms with Crippen LogP contribution in [0.15, 0.2) is 29.0 Å². The number of nitrogens with zero attached hydrogens (tertiary/aromatic N) is 3. The van der Waals surface area contributed by atoms with E-state index >= 15 is 0 Å². The first kappa shape index (κ1) is 12.8. The maximum absolute atomic E-state index is 9.71. The van der Waals surface area contributed by atoms with Crippen molar-refractivity contribution in [2.75, 3.05) is 18.0 Å². The number of pyridine rings is 2. The molecule has 3 rings (SSSR count). The molecule has 2 aromatic heterocycles. The van der Waals surface area contributed by atoms with E-state index < -0.39 is 0 Å². The number of hydrogen-bond donors (Lipinski definition) is 1. The van der Waals surface area contributed by atoms with Crippen LogP contribution in [0, 0.1) is 5.92 Å². The minimum absolute atomic E-state index is 0.250. The minimum atomic E-state index is -0.250. The highest BCUT2D eigenvalue weighted by molar-refractivity contribution is 9.10. The second kappa shape index (κ2) is 5.06. The lowest BCUT2D eigenvalue weighted by Crippen LogP contribution is -2.24. The average molecular weight is 322 g/mol. The lowest BCUT2D eigenvalue weighted by atomic mass is 10.0. The van der Waals surface area contributed by atoms with E-state index in [-0.39, 0.29) is 6.10 Å². The molecule has 0 aromatic carbocycles. The second-order valence-corrected chi connectivity index (χ2v) is 6.00. The molecule has 1 fully saturated rings. The predicted octanol–water partition coefficient (Wildman–Crippen LogP) is 2.60. The SMILES string of the molecule is CC(O)C1CCN(c2ccnc3cc(Br)cnc23)C1. The van der Waals surface area contributed by atoms with Crippen molar-refractivity contribution in [3.8, 4) is 0 Å². The van der Waals surface area contributed by atoms with Crippen molar-refractivity contribution in [1.29, 1.82) is 0 Å². The molecular formula is C14H16BrN3O. The van der Waals surface area contributed by atoms with Gasteiger partial charge < -0.3 is 10.0 Å². The summed E-state index contributed by atoms with van der Waals surface area (Å²) in [4.78, 5) is 11.1. The molecule has 5 heteroatoms. The molecule has 1 aliphatic rings. The fourth-order valence-electron chi connectivity index (χ4n) is 2.65. The van der Waals surface area contributed by atoms with E-state index in [2.05, 4.69) is 30.8 Å². The molecule has 2 unspecified atom stereocenters. The van der Waals surface area contributed by atoms with Crippen LogP contribution in [0.5, 0.6) is 0 Å². The first-order valence-corrected chi connectivity index (χ1v) is 7.28. The Labute approximate surface area is 120 Å². The molecule has 1 N–H and O–H groups in total. The van der Waals surface area contributed by atoms with Crippen LogP contribution in [0.3, 0.4) is 0 Å². The summed E-state index contributed by atoms with van der Waals surface area (Å²) in [5, 5.41) is 9.71. The van der Waals surface area contributed by atoms with Gasteiger partial charge in [-0.15, -0.1) is 0 Å². The van der Waals surface area contributed by atoms with Gasteiger partial charge in [0.05, 0.1) is 17.3 Å². The number of halogens is 1. The third-order valence-corrected chi connectivity index (χ3v) is 4.20. The Bertz CT molecular complexity index is 602. The van der Waals surface area contributed by atoms with Gasteiger partial charge in [-0.2, -0.15) is 0 Å². The van der Waals surface area contributed by atoms with E-state index in [1.165, 1.54) is 0 Å². The van der Waals surface area contributed by atoms with Crippen molar-refractivity contribution in [3.63, 3.8) is 0 Å². The molecule has 4 nitrogen and oxygen atoms in total. The van der Waals surface area contributed by atoms with Crippen LogP contribution in [-0.2, 0) is 0 Å². The van der Waals surface area contributed by atoms with Gasteiger partial charge in [0, 0.05) is 35.9 Å². The Hall–Kier alpha value is -1.20. The molecule has 1 saturated heterocycles. The molecular weight excluding hydrogens is 306 g/mol. The fraction of sp³-hybridized carbons (Fsp3) is 0.429.